The highest BCUT2D eigenvalue weighted by Gasteiger charge is 2.19. The minimum Gasteiger partial charge on any atom is -0.480 e. The number of hydrogen-bond donors (Lipinski definition) is 2. The van der Waals surface area contributed by atoms with E-state index in [2.05, 4.69) is 11.4 Å². The molecule has 0 aromatic rings. The Morgan fingerprint density at radius 3 is 2.57 bits per heavy atom. The lowest BCUT2D eigenvalue weighted by atomic mass is 10.0. The maximum Gasteiger partial charge on any atom is 0.320 e. The van der Waals surface area contributed by atoms with E-state index in [1.807, 2.05) is 13.8 Å². The minimum atomic E-state index is -0.805. The summed E-state index contributed by atoms with van der Waals surface area (Å²) in [6.07, 6.45) is 2.22. The van der Waals surface area contributed by atoms with Crippen LogP contribution >= 0.6 is 0 Å². The standard InChI is InChI=1S/C10H18N2O2/c1-8(2)9(10(13)14)12-7-5-3-4-6-11/h8-9,12H,3-5,7H2,1-2H3,(H,13,14). The molecular formula is C10H18N2O2. The lowest BCUT2D eigenvalue weighted by Crippen LogP contribution is -2.41. The van der Waals surface area contributed by atoms with Gasteiger partial charge in [0.05, 0.1) is 6.07 Å². The van der Waals surface area contributed by atoms with Crippen LogP contribution in [0.3, 0.4) is 0 Å². The number of nitriles is 1. The van der Waals surface area contributed by atoms with Gasteiger partial charge in [0.25, 0.3) is 0 Å². The second-order valence-electron chi connectivity index (χ2n) is 3.63. The topological polar surface area (TPSA) is 73.1 Å². The van der Waals surface area contributed by atoms with Crippen LogP contribution in [0.1, 0.15) is 33.1 Å². The highest BCUT2D eigenvalue weighted by Crippen LogP contribution is 2.02. The van der Waals surface area contributed by atoms with Crippen molar-refractivity contribution in [2.75, 3.05) is 6.54 Å². The number of carbonyl (C=O) groups is 1. The molecule has 0 fully saturated rings. The molecule has 0 aliphatic rings. The molecule has 0 aromatic heterocycles. The van der Waals surface area contributed by atoms with Gasteiger partial charge < -0.3 is 10.4 Å². The van der Waals surface area contributed by atoms with Gasteiger partial charge in [-0.3, -0.25) is 4.79 Å². The van der Waals surface area contributed by atoms with Gasteiger partial charge in [-0.05, 0) is 25.3 Å². The number of nitrogens with zero attached hydrogens (tertiary/aromatic N) is 1. The number of nitrogens with one attached hydrogen (secondary N) is 1. The fourth-order valence-corrected chi connectivity index (χ4v) is 1.19. The maximum atomic E-state index is 10.7. The third-order valence-corrected chi connectivity index (χ3v) is 2.01. The number of carboxylic acids is 1. The van der Waals surface area contributed by atoms with Crippen LogP contribution in [0.4, 0.5) is 0 Å². The van der Waals surface area contributed by atoms with Gasteiger partial charge in [-0.1, -0.05) is 13.8 Å². The fraction of sp³-hybridized carbons (Fsp3) is 0.800. The molecule has 0 heterocycles. The third-order valence-electron chi connectivity index (χ3n) is 2.01. The average molecular weight is 198 g/mol. The second kappa shape index (κ2) is 7.34. The van der Waals surface area contributed by atoms with Gasteiger partial charge in [-0.25, -0.2) is 0 Å². The number of unbranched alkanes of at least 4 members (excludes halogenated alkanes) is 2. The van der Waals surface area contributed by atoms with E-state index in [1.54, 1.807) is 0 Å². The van der Waals surface area contributed by atoms with Gasteiger partial charge in [0.15, 0.2) is 0 Å². The van der Waals surface area contributed by atoms with Gasteiger partial charge in [0.1, 0.15) is 6.04 Å². The van der Waals surface area contributed by atoms with Crippen molar-refractivity contribution < 1.29 is 9.90 Å². The molecule has 1 atom stereocenters. The SMILES string of the molecule is CC(C)C(NCCCCC#N)C(=O)O. The molecule has 0 rings (SSSR count). The van der Waals surface area contributed by atoms with Crippen LogP contribution in [0.25, 0.3) is 0 Å². The number of aliphatic carboxylic acids is 1. The Bertz CT molecular complexity index is 209. The van der Waals surface area contributed by atoms with Crippen LogP contribution in [0.5, 0.6) is 0 Å². The molecular weight excluding hydrogens is 180 g/mol. The summed E-state index contributed by atoms with van der Waals surface area (Å²) in [6, 6.07) is 1.58. The normalized spacial score (nSPS) is 12.4. The fourth-order valence-electron chi connectivity index (χ4n) is 1.19. The first-order valence-electron chi connectivity index (χ1n) is 4.92. The molecule has 0 spiro atoms. The van der Waals surface area contributed by atoms with E-state index in [1.165, 1.54) is 0 Å². The molecule has 0 aromatic carbocycles. The van der Waals surface area contributed by atoms with E-state index < -0.39 is 12.0 Å². The first-order chi connectivity index (χ1) is 6.59. The van der Waals surface area contributed by atoms with Crippen LogP contribution in [0.15, 0.2) is 0 Å². The molecule has 4 nitrogen and oxygen atoms in total. The summed E-state index contributed by atoms with van der Waals surface area (Å²) < 4.78 is 0. The van der Waals surface area contributed by atoms with Crippen molar-refractivity contribution >= 4 is 5.97 Å². The van der Waals surface area contributed by atoms with Crippen LogP contribution in [-0.2, 0) is 4.79 Å². The highest BCUT2D eigenvalue weighted by molar-refractivity contribution is 5.73. The molecule has 0 saturated heterocycles. The van der Waals surface area contributed by atoms with Crippen molar-refractivity contribution in [3.8, 4) is 6.07 Å². The monoisotopic (exact) mass is 198 g/mol. The lowest BCUT2D eigenvalue weighted by Gasteiger charge is -2.17. The van der Waals surface area contributed by atoms with Gasteiger partial charge in [0.2, 0.25) is 0 Å². The highest BCUT2D eigenvalue weighted by atomic mass is 16.4. The Balaban J connectivity index is 3.63. The first-order valence-corrected chi connectivity index (χ1v) is 4.92. The molecule has 0 amide bonds. The zero-order valence-electron chi connectivity index (χ0n) is 8.79. The summed E-state index contributed by atoms with van der Waals surface area (Å²) in [6.45, 7) is 4.42. The molecule has 4 heteroatoms. The lowest BCUT2D eigenvalue weighted by molar-refractivity contribution is -0.140. The second-order valence-corrected chi connectivity index (χ2v) is 3.63. The van der Waals surface area contributed by atoms with Crippen LogP contribution in [-0.4, -0.2) is 23.7 Å². The number of carboxylic acid groups (broad SMARTS) is 1. The van der Waals surface area contributed by atoms with Gasteiger partial charge in [0, 0.05) is 6.42 Å². The molecule has 2 N–H and O–H groups in total. The van der Waals surface area contributed by atoms with Crippen molar-refractivity contribution in [2.45, 2.75) is 39.2 Å². The Kier molecular flexibility index (Phi) is 6.77. The summed E-state index contributed by atoms with van der Waals surface area (Å²) in [7, 11) is 0. The maximum absolute atomic E-state index is 10.7. The molecule has 1 unspecified atom stereocenters. The zero-order chi connectivity index (χ0) is 11.0. The largest absolute Gasteiger partial charge is 0.480 e. The van der Waals surface area contributed by atoms with Crippen LogP contribution < -0.4 is 5.32 Å². The average Bonchev–Trinajstić information content (AvgIpc) is 2.09. The van der Waals surface area contributed by atoms with E-state index in [0.717, 1.165) is 12.8 Å². The Labute approximate surface area is 84.9 Å². The van der Waals surface area contributed by atoms with E-state index in [9.17, 15) is 4.79 Å². The first kappa shape index (κ1) is 12.9. The van der Waals surface area contributed by atoms with E-state index in [4.69, 9.17) is 10.4 Å². The Morgan fingerprint density at radius 2 is 2.14 bits per heavy atom. The molecule has 0 bridgehead atoms. The van der Waals surface area contributed by atoms with Crippen molar-refractivity contribution in [2.24, 2.45) is 5.92 Å². The van der Waals surface area contributed by atoms with Gasteiger partial charge in [-0.15, -0.1) is 0 Å². The van der Waals surface area contributed by atoms with E-state index in [-0.39, 0.29) is 5.92 Å². The van der Waals surface area contributed by atoms with Gasteiger partial charge >= 0.3 is 5.97 Å². The molecule has 0 radical (unpaired) electrons. The smallest absolute Gasteiger partial charge is 0.320 e. The molecule has 80 valence electrons. The Morgan fingerprint density at radius 1 is 1.50 bits per heavy atom. The molecule has 0 aliphatic heterocycles. The van der Waals surface area contributed by atoms with Crippen LogP contribution in [0, 0.1) is 17.2 Å². The van der Waals surface area contributed by atoms with E-state index >= 15 is 0 Å². The zero-order valence-corrected chi connectivity index (χ0v) is 8.79. The quantitative estimate of drug-likeness (QED) is 0.606. The van der Waals surface area contributed by atoms with Crippen molar-refractivity contribution in [3.05, 3.63) is 0 Å². The summed E-state index contributed by atoms with van der Waals surface area (Å²) in [4.78, 5) is 10.7. The predicted octanol–water partition coefficient (Wildman–Crippen LogP) is 1.38. The third kappa shape index (κ3) is 5.55. The van der Waals surface area contributed by atoms with Crippen LogP contribution in [0.2, 0.25) is 0 Å². The summed E-state index contributed by atoms with van der Waals surface area (Å²) >= 11 is 0. The van der Waals surface area contributed by atoms with Crippen molar-refractivity contribution in [3.63, 3.8) is 0 Å². The summed E-state index contributed by atoms with van der Waals surface area (Å²) in [5, 5.41) is 20.1. The van der Waals surface area contributed by atoms with Gasteiger partial charge in [-0.2, -0.15) is 5.26 Å². The number of rotatable bonds is 7. The van der Waals surface area contributed by atoms with Crippen molar-refractivity contribution in [1.82, 2.24) is 5.32 Å². The van der Waals surface area contributed by atoms with Crippen molar-refractivity contribution in [1.29, 1.82) is 5.26 Å². The summed E-state index contributed by atoms with van der Waals surface area (Å²) in [5.74, 6) is -0.719. The van der Waals surface area contributed by atoms with E-state index in [0.29, 0.717) is 13.0 Å². The predicted molar refractivity (Wildman–Crippen MR) is 53.7 cm³/mol. The molecule has 14 heavy (non-hydrogen) atoms. The molecule has 0 saturated carbocycles. The minimum absolute atomic E-state index is 0.0865. The number of hydrogen-bond acceptors (Lipinski definition) is 3. The summed E-state index contributed by atoms with van der Waals surface area (Å²) in [5.41, 5.74) is 0. The Hall–Kier alpha value is -1.08. The molecule has 0 aliphatic carbocycles.